The molecule has 2 heterocycles. The largest absolute Gasteiger partial charge is 0.452 e. The van der Waals surface area contributed by atoms with Gasteiger partial charge in [0.1, 0.15) is 5.01 Å². The third-order valence-electron chi connectivity index (χ3n) is 6.07. The fourth-order valence-corrected chi connectivity index (χ4v) is 7.08. The zero-order chi connectivity index (χ0) is 27.6. The number of nitrogens with zero attached hydrogens (tertiary/aromatic N) is 3. The Balaban J connectivity index is 1.26. The first-order valence-electron chi connectivity index (χ1n) is 12.1. The lowest BCUT2D eigenvalue weighted by Crippen LogP contribution is -2.45. The predicted molar refractivity (Wildman–Crippen MR) is 154 cm³/mol. The lowest BCUT2D eigenvalue weighted by molar-refractivity contribution is 0.121. The van der Waals surface area contributed by atoms with Crippen molar-refractivity contribution < 1.29 is 21.6 Å². The maximum Gasteiger partial charge on any atom is 0.274 e. The monoisotopic (exact) mass is 585 g/mol. The molecular formula is C26H27N5O5S3. The molecule has 0 radical (unpaired) electrons. The summed E-state index contributed by atoms with van der Waals surface area (Å²) in [7, 11) is -7.86. The van der Waals surface area contributed by atoms with Crippen LogP contribution in [-0.4, -0.2) is 50.7 Å². The highest BCUT2D eigenvalue weighted by atomic mass is 32.2. The maximum absolute atomic E-state index is 12.9. The highest BCUT2D eigenvalue weighted by molar-refractivity contribution is 7.89. The van der Waals surface area contributed by atoms with Gasteiger partial charge in [-0.25, -0.2) is 18.5 Å². The van der Waals surface area contributed by atoms with E-state index >= 15 is 0 Å². The van der Waals surface area contributed by atoms with Gasteiger partial charge in [0.05, 0.1) is 22.5 Å². The van der Waals surface area contributed by atoms with E-state index in [2.05, 4.69) is 34.1 Å². The van der Waals surface area contributed by atoms with Gasteiger partial charge in [0.15, 0.2) is 0 Å². The molecule has 4 aromatic rings. The zero-order valence-electron chi connectivity index (χ0n) is 21.0. The number of hydrazone groups is 1. The van der Waals surface area contributed by atoms with E-state index in [9.17, 15) is 16.8 Å². The average Bonchev–Trinajstić information content (AvgIpc) is 3.51. The van der Waals surface area contributed by atoms with Crippen molar-refractivity contribution in [1.82, 2.24) is 14.1 Å². The van der Waals surface area contributed by atoms with E-state index in [1.807, 2.05) is 48.5 Å². The van der Waals surface area contributed by atoms with Gasteiger partial charge >= 0.3 is 0 Å². The number of aryl methyl sites for hydroxylation is 1. The number of hydrogen-bond donors (Lipinski definition) is 2. The minimum Gasteiger partial charge on any atom is -0.452 e. The molecule has 5 rings (SSSR count). The summed E-state index contributed by atoms with van der Waals surface area (Å²) >= 11 is 1.62. The number of fused-ring (bicyclic) bond motifs is 1. The molecule has 1 unspecified atom stereocenters. The molecule has 0 bridgehead atoms. The Morgan fingerprint density at radius 1 is 0.974 bits per heavy atom. The number of rotatable bonds is 10. The molecule has 39 heavy (non-hydrogen) atoms. The van der Waals surface area contributed by atoms with Crippen molar-refractivity contribution in [2.24, 2.45) is 10.2 Å². The van der Waals surface area contributed by atoms with Gasteiger partial charge < -0.3 is 4.74 Å². The Kier molecular flexibility index (Phi) is 7.69. The van der Waals surface area contributed by atoms with Crippen molar-refractivity contribution in [2.45, 2.75) is 26.0 Å². The summed E-state index contributed by atoms with van der Waals surface area (Å²) in [6, 6.07) is 24.4. The molecule has 0 fully saturated rings. The van der Waals surface area contributed by atoms with Crippen molar-refractivity contribution >= 4 is 47.7 Å². The van der Waals surface area contributed by atoms with Crippen LogP contribution in [-0.2, 0) is 31.4 Å². The summed E-state index contributed by atoms with van der Waals surface area (Å²) in [4.78, 5) is 4.81. The average molecular weight is 586 g/mol. The summed E-state index contributed by atoms with van der Waals surface area (Å²) in [6.45, 7) is 1.14. The van der Waals surface area contributed by atoms with E-state index in [-0.39, 0.29) is 18.2 Å². The number of nitrogens with one attached hydrogen (secondary N) is 1. The van der Waals surface area contributed by atoms with E-state index in [1.54, 1.807) is 11.3 Å². The summed E-state index contributed by atoms with van der Waals surface area (Å²) in [6.07, 6.45) is -0.266. The third-order valence-corrected chi connectivity index (χ3v) is 9.40. The normalized spacial score (nSPS) is 15.9. The summed E-state index contributed by atoms with van der Waals surface area (Å²) in [5.74, 6) is -0.0636. The highest BCUT2D eigenvalue weighted by Gasteiger charge is 2.35. The summed E-state index contributed by atoms with van der Waals surface area (Å²) < 4.78 is 57.6. The second kappa shape index (κ2) is 11.0. The quantitative estimate of drug-likeness (QED) is 0.291. The van der Waals surface area contributed by atoms with Crippen molar-refractivity contribution in [1.29, 1.82) is 0 Å². The number of ether oxygens (including phenoxy) is 1. The molecule has 0 saturated heterocycles. The van der Waals surface area contributed by atoms with Crippen LogP contribution in [0.4, 0.5) is 0 Å². The molecule has 10 nitrogen and oxygen atoms in total. The van der Waals surface area contributed by atoms with Crippen molar-refractivity contribution in [3.05, 3.63) is 78.4 Å². The van der Waals surface area contributed by atoms with Gasteiger partial charge in [0, 0.05) is 12.5 Å². The van der Waals surface area contributed by atoms with Crippen LogP contribution in [0.25, 0.3) is 31.9 Å². The van der Waals surface area contributed by atoms with Gasteiger partial charge in [-0.15, -0.1) is 20.9 Å². The number of hydrogen-bond acceptors (Lipinski definition) is 8. The molecule has 204 valence electrons. The minimum atomic E-state index is -4.01. The Labute approximate surface area is 231 Å². The van der Waals surface area contributed by atoms with Crippen LogP contribution in [0.15, 0.2) is 77.9 Å². The molecule has 0 saturated carbocycles. The number of benzene rings is 3. The second-order valence-electron chi connectivity index (χ2n) is 9.05. The second-order valence-corrected chi connectivity index (χ2v) is 13.4. The SMILES string of the molecule is CC1=NN(S(=O)(=O)CCCc2cccc(-c3nc4ccc(-c5ccccc5)cc4s3)c2)C(CNS(N)(=O)=O)O1. The van der Waals surface area contributed by atoms with E-state index in [1.165, 1.54) is 6.92 Å². The van der Waals surface area contributed by atoms with Crippen molar-refractivity contribution in [2.75, 3.05) is 12.3 Å². The first-order chi connectivity index (χ1) is 18.6. The van der Waals surface area contributed by atoms with E-state index in [4.69, 9.17) is 14.9 Å². The standard InChI is InChI=1S/C26H27N5O5S3/c1-18-30-31(25(36-18)17-28-39(27,34)35)38(32,33)14-6-8-19-7-5-11-22(15-19)26-29-23-13-12-21(16-24(23)37-26)20-9-3-2-4-10-20/h2-5,7,9-13,15-16,25,28H,6,8,14,17H2,1H3,(H2,27,34,35). The third kappa shape index (κ3) is 6.62. The molecule has 1 atom stereocenters. The molecule has 3 aromatic carbocycles. The van der Waals surface area contributed by atoms with Crippen LogP contribution in [0.3, 0.4) is 0 Å². The van der Waals surface area contributed by atoms with Crippen LogP contribution in [0.1, 0.15) is 18.9 Å². The fourth-order valence-electron chi connectivity index (χ4n) is 4.29. The molecule has 1 aliphatic heterocycles. The van der Waals surface area contributed by atoms with Crippen LogP contribution in [0.2, 0.25) is 0 Å². The van der Waals surface area contributed by atoms with Crippen LogP contribution < -0.4 is 9.86 Å². The van der Waals surface area contributed by atoms with E-state index < -0.39 is 26.5 Å². The number of thiazole rings is 1. The van der Waals surface area contributed by atoms with Gasteiger partial charge in [-0.1, -0.05) is 54.6 Å². The lowest BCUT2D eigenvalue weighted by atomic mass is 10.1. The number of sulfonamides is 1. The van der Waals surface area contributed by atoms with Gasteiger partial charge in [-0.05, 0) is 47.7 Å². The Morgan fingerprint density at radius 3 is 2.51 bits per heavy atom. The molecule has 0 spiro atoms. The molecule has 0 aliphatic carbocycles. The summed E-state index contributed by atoms with van der Waals surface area (Å²) in [5.41, 5.74) is 5.18. The van der Waals surface area contributed by atoms with Gasteiger partial charge in [0.2, 0.25) is 12.1 Å². The van der Waals surface area contributed by atoms with Crippen molar-refractivity contribution in [3.63, 3.8) is 0 Å². The lowest BCUT2D eigenvalue weighted by Gasteiger charge is -2.21. The number of nitrogens with two attached hydrogens (primary N) is 1. The fraction of sp³-hybridized carbons (Fsp3) is 0.231. The van der Waals surface area contributed by atoms with E-state index in [0.717, 1.165) is 41.9 Å². The highest BCUT2D eigenvalue weighted by Crippen LogP contribution is 2.33. The molecule has 3 N–H and O–H groups in total. The van der Waals surface area contributed by atoms with Crippen LogP contribution >= 0.6 is 11.3 Å². The Bertz CT molecular complexity index is 1740. The van der Waals surface area contributed by atoms with Crippen LogP contribution in [0, 0.1) is 0 Å². The van der Waals surface area contributed by atoms with Gasteiger partial charge in [0.25, 0.3) is 20.2 Å². The zero-order valence-corrected chi connectivity index (χ0v) is 23.5. The molecular weight excluding hydrogens is 559 g/mol. The first-order valence-corrected chi connectivity index (χ1v) is 16.1. The minimum absolute atomic E-state index is 0.124. The molecule has 1 aromatic heterocycles. The van der Waals surface area contributed by atoms with Crippen LogP contribution in [0.5, 0.6) is 0 Å². The molecule has 13 heteroatoms. The Morgan fingerprint density at radius 2 is 1.74 bits per heavy atom. The first kappa shape index (κ1) is 27.2. The smallest absolute Gasteiger partial charge is 0.274 e. The maximum atomic E-state index is 12.9. The predicted octanol–water partition coefficient (Wildman–Crippen LogP) is 3.68. The van der Waals surface area contributed by atoms with Gasteiger partial charge in [-0.2, -0.15) is 13.1 Å². The topological polar surface area (TPSA) is 144 Å². The Hall–Kier alpha value is -3.36. The summed E-state index contributed by atoms with van der Waals surface area (Å²) in [5, 5.41) is 9.77. The van der Waals surface area contributed by atoms with Crippen molar-refractivity contribution in [3.8, 4) is 21.7 Å². The number of aromatic nitrogens is 1. The molecule has 1 aliphatic rings. The molecule has 0 amide bonds. The van der Waals surface area contributed by atoms with E-state index in [0.29, 0.717) is 12.8 Å². The van der Waals surface area contributed by atoms with Gasteiger partial charge in [-0.3, -0.25) is 0 Å².